The minimum Gasteiger partial charge on any atom is -0.385 e. The summed E-state index contributed by atoms with van der Waals surface area (Å²) in [5.41, 5.74) is 1.71. The standard InChI is InChI=1S/C22H36NO2/c1-16-19-11-12-20(22(19,2)3)21(16)25-15-18(24)14-23(4,5)13-17-9-7-6-8-10-17/h6-10,16,18-21,24H,11-15H2,1-5H3/q+1/t16-,18-,19+,20+,21+/m0/s1. The van der Waals surface area contributed by atoms with Gasteiger partial charge in [0, 0.05) is 5.56 Å². The van der Waals surface area contributed by atoms with Gasteiger partial charge in [0.05, 0.1) is 26.8 Å². The molecular formula is C22H36NO2+. The lowest BCUT2D eigenvalue weighted by Crippen LogP contribution is -2.46. The summed E-state index contributed by atoms with van der Waals surface area (Å²) in [6.45, 7) is 9.27. The Morgan fingerprint density at radius 1 is 1.16 bits per heavy atom. The minimum absolute atomic E-state index is 0.327. The smallest absolute Gasteiger partial charge is 0.126 e. The number of hydrogen-bond acceptors (Lipinski definition) is 2. The summed E-state index contributed by atoms with van der Waals surface area (Å²) in [7, 11) is 4.36. The number of rotatable bonds is 7. The molecule has 0 heterocycles. The van der Waals surface area contributed by atoms with Gasteiger partial charge in [0.2, 0.25) is 0 Å². The number of hydrogen-bond donors (Lipinski definition) is 1. The molecule has 3 heteroatoms. The van der Waals surface area contributed by atoms with Crippen molar-refractivity contribution in [2.45, 2.75) is 52.4 Å². The highest BCUT2D eigenvalue weighted by atomic mass is 16.5. The molecule has 2 bridgehead atoms. The zero-order valence-electron chi connectivity index (χ0n) is 16.6. The van der Waals surface area contributed by atoms with E-state index >= 15 is 0 Å². The SMILES string of the molecule is C[C@@H]1[C@@H](OC[C@@H](O)C[N+](C)(C)Cc2ccccc2)[C@H]2CC[C@H]1C2(C)C. The lowest BCUT2D eigenvalue weighted by atomic mass is 9.80. The highest BCUT2D eigenvalue weighted by Crippen LogP contribution is 2.60. The molecule has 2 aliphatic rings. The largest absolute Gasteiger partial charge is 0.385 e. The van der Waals surface area contributed by atoms with E-state index in [4.69, 9.17) is 4.74 Å². The van der Waals surface area contributed by atoms with Gasteiger partial charge in [0.1, 0.15) is 19.2 Å². The Labute approximate surface area is 153 Å². The van der Waals surface area contributed by atoms with Crippen molar-refractivity contribution in [3.63, 3.8) is 0 Å². The number of ether oxygens (including phenoxy) is 1. The van der Waals surface area contributed by atoms with E-state index in [9.17, 15) is 5.11 Å². The quantitative estimate of drug-likeness (QED) is 0.763. The van der Waals surface area contributed by atoms with Gasteiger partial charge in [0.15, 0.2) is 0 Å². The third-order valence-electron chi connectivity index (χ3n) is 6.89. The van der Waals surface area contributed by atoms with Crippen LogP contribution in [-0.4, -0.2) is 49.0 Å². The Hall–Kier alpha value is -0.900. The summed E-state index contributed by atoms with van der Waals surface area (Å²) in [6, 6.07) is 10.5. The number of aliphatic hydroxyl groups is 1. The zero-order valence-corrected chi connectivity index (χ0v) is 16.6. The molecule has 25 heavy (non-hydrogen) atoms. The van der Waals surface area contributed by atoms with Crippen molar-refractivity contribution in [3.05, 3.63) is 35.9 Å². The maximum Gasteiger partial charge on any atom is 0.126 e. The molecule has 0 radical (unpaired) electrons. The van der Waals surface area contributed by atoms with Crippen LogP contribution in [0.15, 0.2) is 30.3 Å². The highest BCUT2D eigenvalue weighted by molar-refractivity contribution is 5.13. The van der Waals surface area contributed by atoms with Gasteiger partial charge in [-0.25, -0.2) is 0 Å². The first-order valence-corrected chi connectivity index (χ1v) is 9.86. The Bertz CT molecular complexity index is 569. The van der Waals surface area contributed by atoms with Gasteiger partial charge in [0.25, 0.3) is 0 Å². The van der Waals surface area contributed by atoms with Crippen molar-refractivity contribution >= 4 is 0 Å². The Kier molecular flexibility index (Phi) is 5.30. The van der Waals surface area contributed by atoms with Crippen molar-refractivity contribution in [1.29, 1.82) is 0 Å². The van der Waals surface area contributed by atoms with Crippen LogP contribution < -0.4 is 0 Å². The minimum atomic E-state index is -0.409. The molecule has 1 aromatic carbocycles. The maximum absolute atomic E-state index is 10.6. The molecule has 0 spiro atoms. The first-order chi connectivity index (χ1) is 11.7. The van der Waals surface area contributed by atoms with Gasteiger partial charge >= 0.3 is 0 Å². The van der Waals surface area contributed by atoms with Crippen molar-refractivity contribution < 1.29 is 14.3 Å². The maximum atomic E-state index is 10.6. The fourth-order valence-corrected chi connectivity index (χ4v) is 5.76. The molecule has 0 aromatic heterocycles. The van der Waals surface area contributed by atoms with E-state index < -0.39 is 6.10 Å². The number of quaternary nitrogens is 1. The van der Waals surface area contributed by atoms with Gasteiger partial charge in [-0.2, -0.15) is 0 Å². The Balaban J connectivity index is 1.50. The fraction of sp³-hybridized carbons (Fsp3) is 0.727. The fourth-order valence-electron chi connectivity index (χ4n) is 5.76. The van der Waals surface area contributed by atoms with E-state index in [0.717, 1.165) is 16.9 Å². The average Bonchev–Trinajstić information content (AvgIpc) is 2.91. The average molecular weight is 347 g/mol. The topological polar surface area (TPSA) is 29.5 Å². The van der Waals surface area contributed by atoms with E-state index in [1.54, 1.807) is 0 Å². The molecule has 0 unspecified atom stereocenters. The van der Waals surface area contributed by atoms with Crippen molar-refractivity contribution in [2.75, 3.05) is 27.2 Å². The van der Waals surface area contributed by atoms with Gasteiger partial charge < -0.3 is 14.3 Å². The van der Waals surface area contributed by atoms with Crippen molar-refractivity contribution in [2.24, 2.45) is 23.2 Å². The van der Waals surface area contributed by atoms with Crippen LogP contribution in [0.25, 0.3) is 0 Å². The van der Waals surface area contributed by atoms with Crippen LogP contribution in [0.1, 0.15) is 39.2 Å². The number of likely N-dealkylation sites (N-methyl/N-ethyl adjacent to an activating group) is 1. The molecule has 1 N–H and O–H groups in total. The van der Waals surface area contributed by atoms with Crippen LogP contribution in [0, 0.1) is 23.2 Å². The summed E-state index contributed by atoms with van der Waals surface area (Å²) >= 11 is 0. The van der Waals surface area contributed by atoms with Gasteiger partial charge in [-0.05, 0) is 36.0 Å². The zero-order chi connectivity index (χ0) is 18.2. The van der Waals surface area contributed by atoms with Crippen LogP contribution in [0.3, 0.4) is 0 Å². The molecule has 0 amide bonds. The summed E-state index contributed by atoms with van der Waals surface area (Å²) in [5, 5.41) is 10.6. The molecule has 1 aromatic rings. The number of aliphatic hydroxyl groups excluding tert-OH is 1. The number of nitrogens with zero attached hydrogens (tertiary/aromatic N) is 1. The van der Waals surface area contributed by atoms with E-state index in [1.807, 2.05) is 6.07 Å². The number of fused-ring (bicyclic) bond motifs is 2. The summed E-state index contributed by atoms with van der Waals surface area (Å²) in [5.74, 6) is 2.06. The van der Waals surface area contributed by atoms with E-state index in [1.165, 1.54) is 18.4 Å². The van der Waals surface area contributed by atoms with Crippen LogP contribution in [-0.2, 0) is 11.3 Å². The molecule has 0 aliphatic heterocycles. The summed E-state index contributed by atoms with van der Waals surface area (Å²) in [6.07, 6.45) is 2.56. The Morgan fingerprint density at radius 2 is 1.80 bits per heavy atom. The van der Waals surface area contributed by atoms with Crippen LogP contribution in [0.2, 0.25) is 0 Å². The van der Waals surface area contributed by atoms with Crippen LogP contribution >= 0.6 is 0 Å². The van der Waals surface area contributed by atoms with Gasteiger partial charge in [-0.1, -0.05) is 51.1 Å². The monoisotopic (exact) mass is 346 g/mol. The molecular weight excluding hydrogens is 310 g/mol. The third-order valence-corrected chi connectivity index (χ3v) is 6.89. The van der Waals surface area contributed by atoms with Crippen LogP contribution in [0.4, 0.5) is 0 Å². The third kappa shape index (κ3) is 3.94. The van der Waals surface area contributed by atoms with Gasteiger partial charge in [-0.15, -0.1) is 0 Å². The molecule has 2 saturated carbocycles. The summed E-state index contributed by atoms with van der Waals surface area (Å²) < 4.78 is 7.05. The van der Waals surface area contributed by atoms with E-state index in [0.29, 0.717) is 36.5 Å². The summed E-state index contributed by atoms with van der Waals surface area (Å²) in [4.78, 5) is 0. The van der Waals surface area contributed by atoms with E-state index in [2.05, 4.69) is 59.1 Å². The lowest BCUT2D eigenvalue weighted by Gasteiger charge is -2.33. The first kappa shape index (κ1) is 18.9. The van der Waals surface area contributed by atoms with Crippen molar-refractivity contribution in [1.82, 2.24) is 0 Å². The van der Waals surface area contributed by atoms with E-state index in [-0.39, 0.29) is 0 Å². The van der Waals surface area contributed by atoms with Gasteiger partial charge in [-0.3, -0.25) is 0 Å². The molecule has 2 aliphatic carbocycles. The molecule has 0 saturated heterocycles. The van der Waals surface area contributed by atoms with Crippen LogP contribution in [0.5, 0.6) is 0 Å². The lowest BCUT2D eigenvalue weighted by molar-refractivity contribution is -0.906. The highest BCUT2D eigenvalue weighted by Gasteiger charge is 2.57. The second-order valence-electron chi connectivity index (χ2n) is 9.68. The molecule has 2 fully saturated rings. The first-order valence-electron chi connectivity index (χ1n) is 9.86. The predicted molar refractivity (Wildman–Crippen MR) is 102 cm³/mol. The predicted octanol–water partition coefficient (Wildman–Crippen LogP) is 3.71. The molecule has 5 atom stereocenters. The Morgan fingerprint density at radius 3 is 2.40 bits per heavy atom. The normalized spacial score (nSPS) is 32.1. The molecule has 3 nitrogen and oxygen atoms in total. The second kappa shape index (κ2) is 7.02. The van der Waals surface area contributed by atoms with Crippen molar-refractivity contribution in [3.8, 4) is 0 Å². The number of benzene rings is 1. The second-order valence-corrected chi connectivity index (χ2v) is 9.68. The molecule has 3 rings (SSSR count). The molecule has 140 valence electrons.